The van der Waals surface area contributed by atoms with Crippen molar-refractivity contribution >= 4 is 5.91 Å². The smallest absolute Gasteiger partial charge is 0.255 e. The number of nitrogens with two attached hydrogens (primary N) is 1. The van der Waals surface area contributed by atoms with Crippen LogP contribution in [0.4, 0.5) is 4.39 Å². The molecule has 31 heavy (non-hydrogen) atoms. The van der Waals surface area contributed by atoms with Crippen molar-refractivity contribution in [3.05, 3.63) is 47.8 Å². The second-order valence-corrected chi connectivity index (χ2v) is 8.41. The zero-order chi connectivity index (χ0) is 22.0. The summed E-state index contributed by atoms with van der Waals surface area (Å²) in [7, 11) is 3.37. The number of hydrogen-bond donors (Lipinski definition) is 1. The number of likely N-dealkylation sites (tertiary alicyclic amines) is 1. The second kappa shape index (κ2) is 9.24. The number of methoxy groups -OCH3 is 2. The Labute approximate surface area is 182 Å². The van der Waals surface area contributed by atoms with Gasteiger partial charge in [0.25, 0.3) is 5.91 Å². The predicted octanol–water partition coefficient (Wildman–Crippen LogP) is 3.22. The van der Waals surface area contributed by atoms with E-state index in [0.29, 0.717) is 41.5 Å². The minimum atomic E-state index is -0.527. The lowest BCUT2D eigenvalue weighted by atomic mass is 9.94. The summed E-state index contributed by atoms with van der Waals surface area (Å²) in [6.07, 6.45) is 2.71. The van der Waals surface area contributed by atoms with Gasteiger partial charge in [0, 0.05) is 37.9 Å². The maximum Gasteiger partial charge on any atom is 0.255 e. The van der Waals surface area contributed by atoms with E-state index in [-0.39, 0.29) is 12.4 Å². The first-order valence-electron chi connectivity index (χ1n) is 10.6. The quantitative estimate of drug-likeness (QED) is 0.699. The minimum absolute atomic E-state index is 0.188. The van der Waals surface area contributed by atoms with E-state index >= 15 is 0 Å². The number of carbonyl (C=O) groups excluding carboxylic acids is 1. The van der Waals surface area contributed by atoms with Crippen LogP contribution in [-0.4, -0.2) is 50.8 Å². The lowest BCUT2D eigenvalue weighted by molar-refractivity contribution is -0.119. The van der Waals surface area contributed by atoms with Crippen LogP contribution in [0.5, 0.6) is 11.5 Å². The number of amides is 1. The molecule has 1 saturated heterocycles. The third kappa shape index (κ3) is 4.67. The molecule has 0 radical (unpaired) electrons. The summed E-state index contributed by atoms with van der Waals surface area (Å²) in [5, 5.41) is 0. The summed E-state index contributed by atoms with van der Waals surface area (Å²) in [6.45, 7) is 2.39. The third-order valence-electron chi connectivity index (χ3n) is 6.39. The molecule has 4 rings (SSSR count). The van der Waals surface area contributed by atoms with E-state index in [9.17, 15) is 9.18 Å². The van der Waals surface area contributed by atoms with Gasteiger partial charge in [0.1, 0.15) is 17.3 Å². The van der Waals surface area contributed by atoms with Crippen LogP contribution in [-0.2, 0) is 16.1 Å². The number of primary amides is 1. The van der Waals surface area contributed by atoms with Gasteiger partial charge in [-0.25, -0.2) is 4.39 Å². The fourth-order valence-electron chi connectivity index (χ4n) is 5.09. The molecule has 1 aliphatic heterocycles. The molecular weight excluding hydrogens is 399 g/mol. The average Bonchev–Trinajstić information content (AvgIpc) is 3.01. The van der Waals surface area contributed by atoms with Gasteiger partial charge in [0.2, 0.25) is 0 Å². The lowest BCUT2D eigenvalue weighted by Gasteiger charge is -2.37. The van der Waals surface area contributed by atoms with E-state index in [2.05, 4.69) is 4.90 Å². The molecule has 3 atom stereocenters. The van der Waals surface area contributed by atoms with E-state index in [0.717, 1.165) is 24.2 Å². The Hall–Kier alpha value is -2.64. The van der Waals surface area contributed by atoms with Gasteiger partial charge in [0.15, 0.2) is 6.61 Å². The molecular formula is C24H29FN2O4. The van der Waals surface area contributed by atoms with Crippen molar-refractivity contribution < 1.29 is 23.4 Å². The molecule has 2 N–H and O–H groups in total. The van der Waals surface area contributed by atoms with Gasteiger partial charge in [-0.2, -0.15) is 0 Å². The first-order valence-corrected chi connectivity index (χ1v) is 10.6. The van der Waals surface area contributed by atoms with Crippen molar-refractivity contribution in [1.29, 1.82) is 0 Å². The maximum atomic E-state index is 13.9. The van der Waals surface area contributed by atoms with Crippen molar-refractivity contribution in [2.24, 2.45) is 17.6 Å². The SMILES string of the molecule is COc1ccc(F)cc1-c1ccc(OCC(N)=O)c(CN2C[C@H]3CC[C@@H](C2)C3OC)c1. The third-order valence-corrected chi connectivity index (χ3v) is 6.39. The molecule has 2 aromatic carbocycles. The van der Waals surface area contributed by atoms with Crippen molar-refractivity contribution in [3.63, 3.8) is 0 Å². The van der Waals surface area contributed by atoms with Crippen LogP contribution in [0.2, 0.25) is 0 Å². The Balaban J connectivity index is 1.63. The van der Waals surface area contributed by atoms with Crippen molar-refractivity contribution in [1.82, 2.24) is 4.90 Å². The second-order valence-electron chi connectivity index (χ2n) is 8.41. The molecule has 2 fully saturated rings. The molecule has 0 aromatic heterocycles. The molecule has 2 bridgehead atoms. The van der Waals surface area contributed by atoms with Gasteiger partial charge in [0.05, 0.1) is 13.2 Å². The molecule has 0 spiro atoms. The first kappa shape index (κ1) is 21.6. The molecule has 2 aromatic rings. The topological polar surface area (TPSA) is 74.0 Å². The van der Waals surface area contributed by atoms with Crippen molar-refractivity contribution in [3.8, 4) is 22.6 Å². The van der Waals surface area contributed by atoms with E-state index < -0.39 is 5.91 Å². The Kier molecular flexibility index (Phi) is 6.43. The Morgan fingerprint density at radius 1 is 1.10 bits per heavy atom. The molecule has 1 saturated carbocycles. The first-order chi connectivity index (χ1) is 15.0. The molecule has 1 unspecified atom stereocenters. The molecule has 166 valence electrons. The van der Waals surface area contributed by atoms with Crippen LogP contribution in [0.15, 0.2) is 36.4 Å². The minimum Gasteiger partial charge on any atom is -0.496 e. The summed E-state index contributed by atoms with van der Waals surface area (Å²) in [4.78, 5) is 13.7. The summed E-state index contributed by atoms with van der Waals surface area (Å²) in [6, 6.07) is 10.1. The maximum absolute atomic E-state index is 13.9. The summed E-state index contributed by atoms with van der Waals surface area (Å²) in [5.41, 5.74) is 7.71. The normalized spacial score (nSPS) is 23.0. The average molecular weight is 429 g/mol. The summed E-state index contributed by atoms with van der Waals surface area (Å²) < 4.78 is 30.8. The fraction of sp³-hybridized carbons (Fsp3) is 0.458. The van der Waals surface area contributed by atoms with E-state index in [1.165, 1.54) is 25.0 Å². The van der Waals surface area contributed by atoms with Crippen LogP contribution in [0.25, 0.3) is 11.1 Å². The van der Waals surface area contributed by atoms with Gasteiger partial charge in [-0.1, -0.05) is 6.07 Å². The molecule has 1 heterocycles. The van der Waals surface area contributed by atoms with Crippen LogP contribution in [0.3, 0.4) is 0 Å². The molecule has 1 amide bonds. The number of carbonyl (C=O) groups is 1. The van der Waals surface area contributed by atoms with Crippen LogP contribution < -0.4 is 15.2 Å². The van der Waals surface area contributed by atoms with Gasteiger partial charge in [-0.05, 0) is 60.6 Å². The Morgan fingerprint density at radius 2 is 1.81 bits per heavy atom. The number of halogens is 1. The number of hydrogen-bond acceptors (Lipinski definition) is 5. The number of benzene rings is 2. The Morgan fingerprint density at radius 3 is 2.45 bits per heavy atom. The monoisotopic (exact) mass is 428 g/mol. The van der Waals surface area contributed by atoms with Crippen molar-refractivity contribution in [2.75, 3.05) is 33.9 Å². The van der Waals surface area contributed by atoms with Gasteiger partial charge in [-0.3, -0.25) is 9.69 Å². The highest BCUT2D eigenvalue weighted by atomic mass is 19.1. The van der Waals surface area contributed by atoms with E-state index in [4.69, 9.17) is 19.9 Å². The highest BCUT2D eigenvalue weighted by Crippen LogP contribution is 2.40. The summed E-state index contributed by atoms with van der Waals surface area (Å²) >= 11 is 0. The number of piperidine rings is 1. The van der Waals surface area contributed by atoms with Gasteiger partial charge in [-0.15, -0.1) is 0 Å². The molecule has 6 nitrogen and oxygen atoms in total. The van der Waals surface area contributed by atoms with Crippen LogP contribution in [0.1, 0.15) is 18.4 Å². The Bertz CT molecular complexity index is 937. The van der Waals surface area contributed by atoms with Gasteiger partial charge >= 0.3 is 0 Å². The van der Waals surface area contributed by atoms with E-state index in [1.54, 1.807) is 20.3 Å². The van der Waals surface area contributed by atoms with Crippen molar-refractivity contribution in [2.45, 2.75) is 25.5 Å². The van der Waals surface area contributed by atoms with Crippen LogP contribution >= 0.6 is 0 Å². The molecule has 1 aliphatic carbocycles. The number of nitrogens with zero attached hydrogens (tertiary/aromatic N) is 1. The lowest BCUT2D eigenvalue weighted by Crippen LogP contribution is -2.45. The fourth-order valence-corrected chi connectivity index (χ4v) is 5.09. The zero-order valence-electron chi connectivity index (χ0n) is 18.0. The largest absolute Gasteiger partial charge is 0.496 e. The highest BCUT2D eigenvalue weighted by Gasteiger charge is 2.42. The number of rotatable bonds is 8. The predicted molar refractivity (Wildman–Crippen MR) is 115 cm³/mol. The summed E-state index contributed by atoms with van der Waals surface area (Å²) in [5.74, 6) is 1.41. The number of ether oxygens (including phenoxy) is 3. The number of fused-ring (bicyclic) bond motifs is 2. The highest BCUT2D eigenvalue weighted by molar-refractivity contribution is 5.76. The molecule has 2 aliphatic rings. The zero-order valence-corrected chi connectivity index (χ0v) is 18.0. The van der Waals surface area contributed by atoms with Gasteiger partial charge < -0.3 is 19.9 Å². The van der Waals surface area contributed by atoms with E-state index in [1.807, 2.05) is 18.2 Å². The standard InChI is InChI=1S/C24H29FN2O4/c1-29-22-8-6-19(25)10-20(22)15-5-7-21(31-14-23(26)28)18(9-15)13-27-11-16-3-4-17(12-27)24(16)30-2/h5-10,16-17,24H,3-4,11-14H2,1-2H3,(H2,26,28)/t16-,17+,24?. The molecule has 7 heteroatoms. The van der Waals surface area contributed by atoms with Crippen LogP contribution in [0, 0.1) is 17.7 Å².